The fourth-order valence-electron chi connectivity index (χ4n) is 6.25. The standard InChI is InChI=1S/C43H33N5S/c44-35(29-12-4-1-5-13-29)25-26-36(45)30-22-20-28(21-23-30)33-24-27-38-39(34-18-10-11-19-37(34)49-38)40(33)43-47-41(31-14-6-2-7-15-31)46-42(48-43)32-16-8-3-9-17-32/h1-27,41H,44-45H2,(H,46,47,48)/b35-25-,36-26-. The number of rotatable bonds is 7. The van der Waals surface area contributed by atoms with Crippen LogP contribution < -0.4 is 16.8 Å². The molecule has 6 heteroatoms. The third kappa shape index (κ3) is 6.02. The van der Waals surface area contributed by atoms with Crippen molar-refractivity contribution in [2.75, 3.05) is 0 Å². The largest absolute Gasteiger partial charge is 0.398 e. The molecule has 0 fully saturated rings. The first kappa shape index (κ1) is 30.1. The van der Waals surface area contributed by atoms with Crippen LogP contribution in [0.1, 0.15) is 34.0 Å². The predicted molar refractivity (Wildman–Crippen MR) is 207 cm³/mol. The number of benzene rings is 6. The summed E-state index contributed by atoms with van der Waals surface area (Å²) < 4.78 is 2.44. The van der Waals surface area contributed by atoms with Gasteiger partial charge in [-0.2, -0.15) is 0 Å². The van der Waals surface area contributed by atoms with E-state index in [1.54, 1.807) is 11.3 Å². The highest BCUT2D eigenvalue weighted by Gasteiger charge is 2.26. The minimum absolute atomic E-state index is 0.305. The molecule has 5 N–H and O–H groups in total. The normalized spacial score (nSPS) is 15.1. The minimum atomic E-state index is -0.305. The molecule has 0 amide bonds. The molecule has 0 spiro atoms. The molecule has 1 unspecified atom stereocenters. The molecule has 0 bridgehead atoms. The van der Waals surface area contributed by atoms with Gasteiger partial charge in [-0.1, -0.05) is 140 Å². The zero-order chi connectivity index (χ0) is 33.2. The highest BCUT2D eigenvalue weighted by Crippen LogP contribution is 2.41. The first-order valence-electron chi connectivity index (χ1n) is 16.2. The predicted octanol–water partition coefficient (Wildman–Crippen LogP) is 9.52. The number of aliphatic imine (C=N–C) groups is 2. The summed E-state index contributed by atoms with van der Waals surface area (Å²) in [6, 6.07) is 51.8. The Morgan fingerprint density at radius 1 is 0.592 bits per heavy atom. The Morgan fingerprint density at radius 2 is 1.20 bits per heavy atom. The van der Waals surface area contributed by atoms with Crippen LogP contribution in [0.5, 0.6) is 0 Å². The molecule has 1 aliphatic rings. The summed E-state index contributed by atoms with van der Waals surface area (Å²) in [5, 5.41) is 6.11. The Labute approximate surface area is 289 Å². The highest BCUT2D eigenvalue weighted by molar-refractivity contribution is 7.25. The second-order valence-electron chi connectivity index (χ2n) is 11.9. The van der Waals surface area contributed by atoms with Crippen molar-refractivity contribution in [3.05, 3.63) is 192 Å². The SMILES string of the molecule is N/C(=C\C=C(/N)c1ccc(-c2ccc3sc4ccccc4c3c2C2=NC(c3ccccc3)=NC(c3ccccc3)N2)cc1)c1ccccc1. The van der Waals surface area contributed by atoms with Crippen LogP contribution >= 0.6 is 11.3 Å². The maximum Gasteiger partial charge on any atom is 0.159 e. The molecule has 1 atom stereocenters. The van der Waals surface area contributed by atoms with Gasteiger partial charge < -0.3 is 16.8 Å². The summed E-state index contributed by atoms with van der Waals surface area (Å²) >= 11 is 1.80. The van der Waals surface area contributed by atoms with Crippen molar-refractivity contribution in [2.24, 2.45) is 21.5 Å². The van der Waals surface area contributed by atoms with E-state index in [4.69, 9.17) is 21.5 Å². The molecule has 236 valence electrons. The molecule has 49 heavy (non-hydrogen) atoms. The van der Waals surface area contributed by atoms with Crippen molar-refractivity contribution >= 4 is 54.6 Å². The van der Waals surface area contributed by atoms with Gasteiger partial charge in [-0.25, -0.2) is 9.98 Å². The Kier molecular flexibility index (Phi) is 8.05. The lowest BCUT2D eigenvalue weighted by atomic mass is 9.93. The average molecular weight is 652 g/mol. The topological polar surface area (TPSA) is 88.8 Å². The van der Waals surface area contributed by atoms with Crippen molar-refractivity contribution in [2.45, 2.75) is 6.17 Å². The third-order valence-corrected chi connectivity index (χ3v) is 9.88. The minimum Gasteiger partial charge on any atom is -0.398 e. The number of nitrogens with one attached hydrogen (secondary N) is 1. The van der Waals surface area contributed by atoms with Gasteiger partial charge in [0.05, 0.1) is 0 Å². The summed E-state index contributed by atoms with van der Waals surface area (Å²) in [4.78, 5) is 10.3. The lowest BCUT2D eigenvalue weighted by Crippen LogP contribution is -2.34. The highest BCUT2D eigenvalue weighted by atomic mass is 32.1. The molecular formula is C43H33N5S. The summed E-state index contributed by atoms with van der Waals surface area (Å²) in [6.45, 7) is 0. The van der Waals surface area contributed by atoms with Crippen LogP contribution in [-0.2, 0) is 0 Å². The maximum atomic E-state index is 6.54. The van der Waals surface area contributed by atoms with Crippen molar-refractivity contribution in [3.63, 3.8) is 0 Å². The molecular weight excluding hydrogens is 619 g/mol. The van der Waals surface area contributed by atoms with E-state index in [2.05, 4.69) is 90.2 Å². The number of hydrogen-bond donors (Lipinski definition) is 3. The molecule has 1 aliphatic heterocycles. The molecule has 2 heterocycles. The molecule has 0 radical (unpaired) electrons. The van der Waals surface area contributed by atoms with Crippen LogP contribution in [0.2, 0.25) is 0 Å². The van der Waals surface area contributed by atoms with Gasteiger partial charge in [-0.3, -0.25) is 0 Å². The zero-order valence-corrected chi connectivity index (χ0v) is 27.4. The quantitative estimate of drug-likeness (QED) is 0.150. The van der Waals surface area contributed by atoms with Gasteiger partial charge in [0.1, 0.15) is 12.0 Å². The number of thiophene rings is 1. The molecule has 6 aromatic carbocycles. The number of nitrogens with zero attached hydrogens (tertiary/aromatic N) is 2. The van der Waals surface area contributed by atoms with E-state index in [1.807, 2.05) is 78.9 Å². The smallest absolute Gasteiger partial charge is 0.159 e. The van der Waals surface area contributed by atoms with E-state index in [9.17, 15) is 0 Å². The van der Waals surface area contributed by atoms with Crippen molar-refractivity contribution in [1.82, 2.24) is 5.32 Å². The molecule has 8 rings (SSSR count). The van der Waals surface area contributed by atoms with Crippen molar-refractivity contribution in [3.8, 4) is 11.1 Å². The first-order chi connectivity index (χ1) is 24.1. The van der Waals surface area contributed by atoms with E-state index in [0.717, 1.165) is 44.8 Å². The van der Waals surface area contributed by atoms with Crippen LogP contribution in [-0.4, -0.2) is 11.7 Å². The molecule has 0 aliphatic carbocycles. The van der Waals surface area contributed by atoms with Gasteiger partial charge >= 0.3 is 0 Å². The van der Waals surface area contributed by atoms with Gasteiger partial charge in [0, 0.05) is 42.7 Å². The Hall–Kier alpha value is -6.24. The summed E-state index contributed by atoms with van der Waals surface area (Å²) in [6.07, 6.45) is 3.41. The third-order valence-electron chi connectivity index (χ3n) is 8.75. The van der Waals surface area contributed by atoms with Gasteiger partial charge in [0.2, 0.25) is 0 Å². The molecule has 5 nitrogen and oxygen atoms in total. The monoisotopic (exact) mass is 651 g/mol. The molecule has 0 saturated carbocycles. The van der Waals surface area contributed by atoms with E-state index in [1.165, 1.54) is 20.2 Å². The van der Waals surface area contributed by atoms with Gasteiger partial charge in [0.25, 0.3) is 0 Å². The Balaban J connectivity index is 1.26. The zero-order valence-electron chi connectivity index (χ0n) is 26.6. The van der Waals surface area contributed by atoms with E-state index >= 15 is 0 Å². The fraction of sp³-hybridized carbons (Fsp3) is 0.0233. The average Bonchev–Trinajstić information content (AvgIpc) is 3.56. The van der Waals surface area contributed by atoms with E-state index < -0.39 is 0 Å². The molecule has 7 aromatic rings. The number of hydrogen-bond acceptors (Lipinski definition) is 6. The van der Waals surface area contributed by atoms with Crippen LogP contribution in [0, 0.1) is 0 Å². The number of amidine groups is 2. The summed E-state index contributed by atoms with van der Waals surface area (Å²) in [5.41, 5.74) is 21.3. The Morgan fingerprint density at radius 3 is 1.92 bits per heavy atom. The molecule has 1 aromatic heterocycles. The Bertz CT molecular complexity index is 2410. The van der Waals surface area contributed by atoms with E-state index in [-0.39, 0.29) is 6.17 Å². The second-order valence-corrected chi connectivity index (χ2v) is 13.0. The maximum absolute atomic E-state index is 6.54. The lowest BCUT2D eigenvalue weighted by Gasteiger charge is -2.25. The van der Waals surface area contributed by atoms with Crippen LogP contribution in [0.15, 0.2) is 174 Å². The van der Waals surface area contributed by atoms with Gasteiger partial charge in [-0.05, 0) is 52.1 Å². The number of allylic oxidation sites excluding steroid dienone is 2. The van der Waals surface area contributed by atoms with Gasteiger partial charge in [-0.15, -0.1) is 11.3 Å². The summed E-state index contributed by atoms with van der Waals surface area (Å²) in [7, 11) is 0. The van der Waals surface area contributed by atoms with Crippen LogP contribution in [0.4, 0.5) is 0 Å². The number of nitrogens with two attached hydrogens (primary N) is 2. The lowest BCUT2D eigenvalue weighted by molar-refractivity contribution is 0.675. The second kappa shape index (κ2) is 13.1. The van der Waals surface area contributed by atoms with Crippen molar-refractivity contribution in [1.29, 1.82) is 0 Å². The molecule has 0 saturated heterocycles. The van der Waals surface area contributed by atoms with Crippen molar-refractivity contribution < 1.29 is 0 Å². The van der Waals surface area contributed by atoms with E-state index in [0.29, 0.717) is 17.2 Å². The van der Waals surface area contributed by atoms with Gasteiger partial charge in [0.15, 0.2) is 5.84 Å². The number of fused-ring (bicyclic) bond motifs is 3. The fourth-order valence-corrected chi connectivity index (χ4v) is 7.36. The van der Waals surface area contributed by atoms with Crippen LogP contribution in [0.3, 0.4) is 0 Å². The first-order valence-corrected chi connectivity index (χ1v) is 17.0. The van der Waals surface area contributed by atoms with Crippen LogP contribution in [0.25, 0.3) is 42.7 Å². The summed E-state index contributed by atoms with van der Waals surface area (Å²) in [5.74, 6) is 1.48.